The van der Waals surface area contributed by atoms with E-state index in [9.17, 15) is 44.1 Å². The van der Waals surface area contributed by atoms with Gasteiger partial charge in [0.2, 0.25) is 0 Å². The number of fused-ring (bicyclic) bond motifs is 11. The van der Waals surface area contributed by atoms with Crippen LogP contribution in [0.1, 0.15) is 106 Å². The Balaban J connectivity index is 1.35. The van der Waals surface area contributed by atoms with Gasteiger partial charge in [-0.2, -0.15) is 0 Å². The van der Waals surface area contributed by atoms with Gasteiger partial charge in [-0.25, -0.2) is 23.5 Å². The first-order valence-corrected chi connectivity index (χ1v) is 24.6. The first-order chi connectivity index (χ1) is 33.5. The molecule has 0 amide bonds. The number of methoxy groups -OCH3 is 1. The standard InChI is InChI=1S/C50H74N4O17/c1-26(2)21-37(57)69-46-30(6)66-39(25-50(46,8)63)70-43-29(5)67-47(42(60)40(43)51(9)10)71-44-32(19-20-55)22-27(3)41(59)35-18-17-34(23-28(4)65-38(58)24-36(45(44)64-11)68-31(7)56)53-48(61)52(49(62)54(35)53)33-15-13-12-14-16-33/h12-18,20,26-30,32,34-36,39-47,59-60,63H,19,21-25H2,1-11H3/t27-,28-,29-,30+,32+,34?,35?,36-,39+,40-,41-,42-,43-,44+,45+,46+,47+,50-/m1/s1. The van der Waals surface area contributed by atoms with E-state index < -0.39 is 145 Å². The van der Waals surface area contributed by atoms with Crippen LogP contribution in [-0.2, 0) is 57.1 Å². The topological polar surface area (TPSA) is 255 Å². The zero-order chi connectivity index (χ0) is 52.2. The molecule has 71 heavy (non-hydrogen) atoms. The number of aliphatic hydroxyl groups is 3. The molecule has 7 rings (SSSR count). The molecule has 396 valence electrons. The SMILES string of the molecule is CO[C@@H]1[C@@H](O[C@@H]2O[C@H](C)[C@@H](O[C@H]3C[C@@](C)(O)[C@@H](OC(=O)CC(C)C)[C@H](C)O3)[C@H](N(C)C)[C@H]2O)[C@@H](CC=O)C[C@@H](C)[C@@H](O)C2C=CC(C[C@@H](C)OC(=O)C[C@H]1OC(C)=O)n1c(=O)n(-c3ccccc3)c(=O)n12. The Morgan fingerprint density at radius 2 is 1.58 bits per heavy atom. The summed E-state index contributed by atoms with van der Waals surface area (Å²) < 4.78 is 52.8. The minimum atomic E-state index is -1.55. The zero-order valence-electron chi connectivity index (χ0n) is 42.6. The van der Waals surface area contributed by atoms with Crippen molar-refractivity contribution in [3.8, 4) is 5.69 Å². The average molecular weight is 1000 g/mol. The molecule has 2 bridgehead atoms. The number of carbonyl (C=O) groups is 4. The van der Waals surface area contributed by atoms with Crippen molar-refractivity contribution < 1.29 is 72.4 Å². The number of benzene rings is 1. The van der Waals surface area contributed by atoms with Gasteiger partial charge in [0.05, 0.1) is 54.6 Å². The molecule has 3 N–H and O–H groups in total. The molecule has 18 atom stereocenters. The number of likely N-dealkylation sites (N-methyl/N-ethyl adjacent to an activating group) is 1. The third kappa shape index (κ3) is 12.6. The van der Waals surface area contributed by atoms with Crippen molar-refractivity contribution in [3.63, 3.8) is 0 Å². The number of para-hydroxylation sites is 1. The maximum atomic E-state index is 14.3. The highest BCUT2D eigenvalue weighted by Gasteiger charge is 2.53. The number of rotatable bonds is 13. The molecule has 0 aliphatic carbocycles. The van der Waals surface area contributed by atoms with Crippen molar-refractivity contribution >= 4 is 24.2 Å². The summed E-state index contributed by atoms with van der Waals surface area (Å²) in [5.74, 6) is -3.64. The Labute approximate surface area is 413 Å². The van der Waals surface area contributed by atoms with E-state index in [1.165, 1.54) is 16.5 Å². The molecule has 0 spiro atoms. The van der Waals surface area contributed by atoms with Gasteiger partial charge in [-0.15, -0.1) is 0 Å². The smallest absolute Gasteiger partial charge is 0.352 e. The maximum Gasteiger partial charge on any atom is 0.352 e. The third-order valence-electron chi connectivity index (χ3n) is 14.0. The lowest BCUT2D eigenvalue weighted by Crippen LogP contribution is -2.66. The molecule has 6 heterocycles. The second-order valence-corrected chi connectivity index (χ2v) is 20.5. The highest BCUT2D eigenvalue weighted by molar-refractivity contribution is 5.72. The van der Waals surface area contributed by atoms with Crippen molar-refractivity contribution in [3.05, 3.63) is 63.5 Å². The van der Waals surface area contributed by atoms with Gasteiger partial charge in [-0.3, -0.25) is 14.4 Å². The number of hydrogen-bond acceptors (Lipinski definition) is 18. The van der Waals surface area contributed by atoms with Crippen LogP contribution in [0, 0.1) is 17.8 Å². The Hall–Kier alpha value is -4.58. The molecule has 1 aromatic heterocycles. The summed E-state index contributed by atoms with van der Waals surface area (Å²) in [6.07, 6.45) is -10.4. The summed E-state index contributed by atoms with van der Waals surface area (Å²) in [4.78, 5) is 82.3. The van der Waals surface area contributed by atoms with Gasteiger partial charge in [0.15, 0.2) is 18.7 Å². The third-order valence-corrected chi connectivity index (χ3v) is 14.0. The predicted octanol–water partition coefficient (Wildman–Crippen LogP) is 2.37. The van der Waals surface area contributed by atoms with Gasteiger partial charge < -0.3 is 62.9 Å². The monoisotopic (exact) mass is 1000 g/mol. The first kappa shape index (κ1) is 55.7. The van der Waals surface area contributed by atoms with Gasteiger partial charge in [0.25, 0.3) is 0 Å². The zero-order valence-corrected chi connectivity index (χ0v) is 42.6. The molecule has 2 unspecified atom stereocenters. The fourth-order valence-electron chi connectivity index (χ4n) is 10.7. The van der Waals surface area contributed by atoms with Crippen molar-refractivity contribution in [2.75, 3.05) is 21.2 Å². The summed E-state index contributed by atoms with van der Waals surface area (Å²) in [6, 6.07) is 5.63. The van der Waals surface area contributed by atoms with Crippen molar-refractivity contribution in [1.82, 2.24) is 18.8 Å². The molecule has 21 heteroatoms. The highest BCUT2D eigenvalue weighted by atomic mass is 16.7. The lowest BCUT2D eigenvalue weighted by molar-refractivity contribution is -0.344. The Bertz CT molecular complexity index is 2290. The van der Waals surface area contributed by atoms with E-state index in [2.05, 4.69) is 0 Å². The molecule has 1 aromatic carbocycles. The van der Waals surface area contributed by atoms with Crippen LogP contribution >= 0.6 is 0 Å². The molecule has 2 fully saturated rings. The fraction of sp³-hybridized carbons (Fsp3) is 0.720. The van der Waals surface area contributed by atoms with E-state index in [-0.39, 0.29) is 38.0 Å². The number of allylic oxidation sites excluding steroid dienone is 1. The van der Waals surface area contributed by atoms with E-state index >= 15 is 0 Å². The van der Waals surface area contributed by atoms with Crippen LogP contribution in [0.3, 0.4) is 0 Å². The molecule has 2 saturated heterocycles. The van der Waals surface area contributed by atoms with Crippen molar-refractivity contribution in [2.24, 2.45) is 17.8 Å². The highest BCUT2D eigenvalue weighted by Crippen LogP contribution is 2.39. The summed E-state index contributed by atoms with van der Waals surface area (Å²) in [5, 5.41) is 36.2. The number of esters is 3. The molecule has 5 aliphatic heterocycles. The quantitative estimate of drug-likeness (QED) is 0.113. The van der Waals surface area contributed by atoms with E-state index in [1.807, 2.05) is 13.8 Å². The maximum absolute atomic E-state index is 14.3. The number of aliphatic hydroxyl groups excluding tert-OH is 2. The first-order valence-electron chi connectivity index (χ1n) is 24.6. The molecular weight excluding hydrogens is 929 g/mol. The number of hydrogen-bond donors (Lipinski definition) is 3. The predicted molar refractivity (Wildman–Crippen MR) is 253 cm³/mol. The van der Waals surface area contributed by atoms with E-state index in [1.54, 1.807) is 96.1 Å². The summed E-state index contributed by atoms with van der Waals surface area (Å²) in [7, 11) is 4.75. The van der Waals surface area contributed by atoms with Gasteiger partial charge >= 0.3 is 29.3 Å². The minimum Gasteiger partial charge on any atom is -0.462 e. The fourth-order valence-corrected chi connectivity index (χ4v) is 10.7. The van der Waals surface area contributed by atoms with Crippen LogP contribution < -0.4 is 11.4 Å². The number of carbonyl (C=O) groups excluding carboxylic acids is 4. The lowest BCUT2D eigenvalue weighted by atomic mass is 9.81. The molecule has 21 nitrogen and oxygen atoms in total. The molecule has 0 saturated carbocycles. The Kier molecular flexibility index (Phi) is 18.5. The van der Waals surface area contributed by atoms with Crippen LogP contribution in [0.4, 0.5) is 0 Å². The van der Waals surface area contributed by atoms with Crippen molar-refractivity contribution in [1.29, 1.82) is 0 Å². The van der Waals surface area contributed by atoms with E-state index in [4.69, 9.17) is 37.9 Å². The summed E-state index contributed by atoms with van der Waals surface area (Å²) in [6.45, 7) is 13.2. The second kappa shape index (κ2) is 23.5. The molecule has 2 aromatic rings. The normalized spacial score (nSPS) is 37.1. The second-order valence-electron chi connectivity index (χ2n) is 20.5. The number of aromatic nitrogens is 3. The Morgan fingerprint density at radius 3 is 2.18 bits per heavy atom. The van der Waals surface area contributed by atoms with E-state index in [0.717, 1.165) is 11.5 Å². The summed E-state index contributed by atoms with van der Waals surface area (Å²) >= 11 is 0. The molecule has 5 aliphatic rings. The van der Waals surface area contributed by atoms with Gasteiger partial charge in [-0.05, 0) is 78.1 Å². The average Bonchev–Trinajstić information content (AvgIpc) is 3.54. The molecular formula is C50H74N4O17. The van der Waals surface area contributed by atoms with Crippen LogP contribution in [0.15, 0.2) is 52.1 Å². The number of aldehydes is 1. The van der Waals surface area contributed by atoms with Crippen LogP contribution in [0.25, 0.3) is 5.69 Å². The molecule has 0 radical (unpaired) electrons. The van der Waals surface area contributed by atoms with Crippen molar-refractivity contribution in [2.45, 2.75) is 191 Å². The lowest BCUT2D eigenvalue weighted by Gasteiger charge is -2.50. The van der Waals surface area contributed by atoms with Crippen LogP contribution in [-0.4, -0.2) is 165 Å². The largest absolute Gasteiger partial charge is 0.462 e. The summed E-state index contributed by atoms with van der Waals surface area (Å²) in [5.41, 5.74) is -2.61. The number of ether oxygens (including phenoxy) is 8. The van der Waals surface area contributed by atoms with Crippen LogP contribution in [0.5, 0.6) is 0 Å². The van der Waals surface area contributed by atoms with Gasteiger partial charge in [0, 0.05) is 39.7 Å². The minimum absolute atomic E-state index is 0.00301. The van der Waals surface area contributed by atoms with Crippen LogP contribution in [0.2, 0.25) is 0 Å². The van der Waals surface area contributed by atoms with E-state index in [0.29, 0.717) is 12.0 Å². The Morgan fingerprint density at radius 1 is 0.901 bits per heavy atom. The van der Waals surface area contributed by atoms with Gasteiger partial charge in [-0.1, -0.05) is 51.1 Å². The number of nitrogens with zero attached hydrogens (tertiary/aromatic N) is 4. The van der Waals surface area contributed by atoms with Gasteiger partial charge in [0.1, 0.15) is 42.4 Å².